The second-order valence-corrected chi connectivity index (χ2v) is 6.20. The number of nitrogens with zero attached hydrogens (tertiary/aromatic N) is 1. The second kappa shape index (κ2) is 6.22. The Bertz CT molecular complexity index is 521. The molecule has 11 nitrogen and oxygen atoms in total. The molecule has 1 fully saturated rings. The molecule has 2 aliphatic heterocycles. The molecule has 0 saturated carbocycles. The second-order valence-electron chi connectivity index (χ2n) is 4.97. The first-order valence-electron chi connectivity index (χ1n) is 6.27. The molecule has 0 aromatic heterocycles. The lowest BCUT2D eigenvalue weighted by Crippen LogP contribution is -2.54. The molecular weight excluding hydrogens is 323 g/mol. The lowest BCUT2D eigenvalue weighted by atomic mass is 10.1. The highest BCUT2D eigenvalue weighted by atomic mass is 31.2. The molecule has 0 aromatic carbocycles. The third-order valence-corrected chi connectivity index (χ3v) is 3.77. The van der Waals surface area contributed by atoms with Crippen LogP contribution < -0.4 is 5.32 Å². The molecule has 2 amide bonds. The van der Waals surface area contributed by atoms with Gasteiger partial charge in [-0.15, -0.1) is 0 Å². The first-order chi connectivity index (χ1) is 10.1. The van der Waals surface area contributed by atoms with E-state index in [0.717, 1.165) is 4.90 Å². The summed E-state index contributed by atoms with van der Waals surface area (Å²) < 4.78 is 20.1. The number of urea groups is 1. The summed E-state index contributed by atoms with van der Waals surface area (Å²) in [6, 6.07) is -0.758. The van der Waals surface area contributed by atoms with Gasteiger partial charge in [0.15, 0.2) is 12.5 Å². The van der Waals surface area contributed by atoms with Gasteiger partial charge in [-0.3, -0.25) is 9.42 Å². The molecule has 22 heavy (non-hydrogen) atoms. The van der Waals surface area contributed by atoms with Crippen LogP contribution in [0.15, 0.2) is 11.8 Å². The smallest absolute Gasteiger partial charge is 0.387 e. The molecule has 126 valence electrons. The van der Waals surface area contributed by atoms with Crippen LogP contribution in [0.2, 0.25) is 0 Å². The van der Waals surface area contributed by atoms with Crippen molar-refractivity contribution < 1.29 is 43.7 Å². The van der Waals surface area contributed by atoms with Crippen molar-refractivity contribution in [2.24, 2.45) is 0 Å². The van der Waals surface area contributed by atoms with Gasteiger partial charge >= 0.3 is 13.9 Å². The van der Waals surface area contributed by atoms with Crippen LogP contribution >= 0.6 is 7.82 Å². The number of rotatable bonds is 4. The topological polar surface area (TPSA) is 169 Å². The molecule has 2 rings (SSSR count). The van der Waals surface area contributed by atoms with Crippen LogP contribution in [0.5, 0.6) is 0 Å². The number of hydrogen-bond acceptors (Lipinski definition) is 7. The summed E-state index contributed by atoms with van der Waals surface area (Å²) in [6.45, 7) is 0.864. The number of carbonyl (C=O) groups is 1. The SMILES string of the molecule is CC1=CN([C@@H]2O[C@H](COP(=O)(O)O)[C@@H](O)[C@H]2O)C(=O)NC1O. The van der Waals surface area contributed by atoms with Gasteiger partial charge in [-0.25, -0.2) is 9.36 Å². The van der Waals surface area contributed by atoms with E-state index in [4.69, 9.17) is 14.5 Å². The summed E-state index contributed by atoms with van der Waals surface area (Å²) >= 11 is 0. The van der Waals surface area contributed by atoms with Crippen molar-refractivity contribution in [1.29, 1.82) is 0 Å². The van der Waals surface area contributed by atoms with Gasteiger partial charge in [-0.1, -0.05) is 0 Å². The number of phosphoric acid groups is 1. The predicted octanol–water partition coefficient (Wildman–Crippen LogP) is -2.21. The molecule has 1 unspecified atom stereocenters. The van der Waals surface area contributed by atoms with E-state index >= 15 is 0 Å². The quantitative estimate of drug-likeness (QED) is 0.311. The van der Waals surface area contributed by atoms with E-state index in [1.54, 1.807) is 0 Å². The minimum absolute atomic E-state index is 0.375. The molecule has 0 aliphatic carbocycles. The molecular formula is C10H17N2O9P. The highest BCUT2D eigenvalue weighted by Crippen LogP contribution is 2.37. The van der Waals surface area contributed by atoms with Gasteiger partial charge in [-0.2, -0.15) is 0 Å². The summed E-state index contributed by atoms with van der Waals surface area (Å²) in [6.07, 6.45) is -5.47. The number of ether oxygens (including phenoxy) is 1. The molecule has 6 N–H and O–H groups in total. The normalized spacial score (nSPS) is 36.3. The van der Waals surface area contributed by atoms with E-state index in [9.17, 15) is 24.7 Å². The molecule has 0 aromatic rings. The van der Waals surface area contributed by atoms with Crippen molar-refractivity contribution in [3.63, 3.8) is 0 Å². The molecule has 0 spiro atoms. The molecule has 2 heterocycles. The zero-order valence-electron chi connectivity index (χ0n) is 11.4. The standard InChI is InChI=1S/C10H17N2O9P/c1-4-2-12(10(16)11-8(4)15)9-7(14)6(13)5(21-9)3-20-22(17,18)19/h2,5-9,13-15H,3H2,1H3,(H,11,16)(H2,17,18,19)/t5-,6-,7-,8?,9-/m1/s1. The largest absolute Gasteiger partial charge is 0.469 e. The van der Waals surface area contributed by atoms with E-state index < -0.39 is 51.2 Å². The number of amides is 2. The summed E-state index contributed by atoms with van der Waals surface area (Å²) in [7, 11) is -4.76. The van der Waals surface area contributed by atoms with Gasteiger partial charge in [0.1, 0.15) is 18.3 Å². The minimum Gasteiger partial charge on any atom is -0.387 e. The van der Waals surface area contributed by atoms with Crippen molar-refractivity contribution in [3.8, 4) is 0 Å². The van der Waals surface area contributed by atoms with Crippen LogP contribution in [0.3, 0.4) is 0 Å². The number of aliphatic hydroxyl groups is 3. The van der Waals surface area contributed by atoms with Crippen LogP contribution in [0.25, 0.3) is 0 Å². The zero-order valence-corrected chi connectivity index (χ0v) is 12.3. The molecule has 1 saturated heterocycles. The van der Waals surface area contributed by atoms with E-state index in [1.807, 2.05) is 0 Å². The van der Waals surface area contributed by atoms with Crippen molar-refractivity contribution in [2.45, 2.75) is 37.7 Å². The van der Waals surface area contributed by atoms with Gasteiger partial charge in [0.2, 0.25) is 0 Å². The molecule has 0 bridgehead atoms. The monoisotopic (exact) mass is 340 g/mol. The highest BCUT2D eigenvalue weighted by molar-refractivity contribution is 7.46. The Kier molecular flexibility index (Phi) is 4.90. The van der Waals surface area contributed by atoms with Crippen LogP contribution in [-0.2, 0) is 13.8 Å². The zero-order chi connectivity index (χ0) is 16.7. The van der Waals surface area contributed by atoms with Crippen LogP contribution in [0, 0.1) is 0 Å². The first kappa shape index (κ1) is 17.3. The Balaban J connectivity index is 2.10. The lowest BCUT2D eigenvalue weighted by Gasteiger charge is -2.33. The summed E-state index contributed by atoms with van der Waals surface area (Å²) in [5, 5.41) is 31.4. The van der Waals surface area contributed by atoms with Gasteiger partial charge in [0, 0.05) is 6.20 Å². The maximum Gasteiger partial charge on any atom is 0.469 e. The van der Waals surface area contributed by atoms with Crippen LogP contribution in [0.4, 0.5) is 4.79 Å². The Labute approximate surface area is 125 Å². The predicted molar refractivity (Wildman–Crippen MR) is 68.8 cm³/mol. The van der Waals surface area contributed by atoms with Gasteiger partial charge in [-0.05, 0) is 12.5 Å². The Morgan fingerprint density at radius 3 is 2.59 bits per heavy atom. The van der Waals surface area contributed by atoms with Crippen molar-refractivity contribution in [2.75, 3.05) is 6.61 Å². The Morgan fingerprint density at radius 1 is 1.36 bits per heavy atom. The van der Waals surface area contributed by atoms with E-state index in [-0.39, 0.29) is 0 Å². The number of phosphoric ester groups is 1. The third kappa shape index (κ3) is 3.65. The van der Waals surface area contributed by atoms with Crippen molar-refractivity contribution in [3.05, 3.63) is 11.8 Å². The first-order valence-corrected chi connectivity index (χ1v) is 7.80. The highest BCUT2D eigenvalue weighted by Gasteiger charge is 2.48. The summed E-state index contributed by atoms with van der Waals surface area (Å²) in [5.74, 6) is 0. The minimum atomic E-state index is -4.76. The van der Waals surface area contributed by atoms with Gasteiger partial charge in [0.25, 0.3) is 0 Å². The van der Waals surface area contributed by atoms with E-state index in [2.05, 4.69) is 9.84 Å². The summed E-state index contributed by atoms with van der Waals surface area (Å²) in [4.78, 5) is 30.0. The maximum atomic E-state index is 11.8. The average molecular weight is 340 g/mol. The molecule has 5 atom stereocenters. The third-order valence-electron chi connectivity index (χ3n) is 3.29. The fraction of sp³-hybridized carbons (Fsp3) is 0.700. The maximum absolute atomic E-state index is 11.8. The van der Waals surface area contributed by atoms with Crippen LogP contribution in [-0.4, -0.2) is 73.4 Å². The average Bonchev–Trinajstić information content (AvgIpc) is 2.68. The number of hydrogen-bond donors (Lipinski definition) is 6. The Morgan fingerprint density at radius 2 is 2.00 bits per heavy atom. The lowest BCUT2D eigenvalue weighted by molar-refractivity contribution is -0.0677. The molecule has 2 aliphatic rings. The number of aliphatic hydroxyl groups excluding tert-OH is 3. The molecule has 0 radical (unpaired) electrons. The van der Waals surface area contributed by atoms with E-state index in [0.29, 0.717) is 5.57 Å². The van der Waals surface area contributed by atoms with Crippen LogP contribution in [0.1, 0.15) is 6.92 Å². The van der Waals surface area contributed by atoms with E-state index in [1.165, 1.54) is 13.1 Å². The fourth-order valence-corrected chi connectivity index (χ4v) is 2.45. The van der Waals surface area contributed by atoms with Crippen molar-refractivity contribution >= 4 is 13.9 Å². The number of nitrogens with one attached hydrogen (secondary N) is 1. The Hall–Kier alpha value is -1.04. The fourth-order valence-electron chi connectivity index (χ4n) is 2.11. The number of carbonyl (C=O) groups excluding carboxylic acids is 1. The van der Waals surface area contributed by atoms with Gasteiger partial charge < -0.3 is 35.2 Å². The molecule has 12 heteroatoms. The van der Waals surface area contributed by atoms with Gasteiger partial charge in [0.05, 0.1) is 6.61 Å². The van der Waals surface area contributed by atoms with Crippen molar-refractivity contribution in [1.82, 2.24) is 10.2 Å². The summed E-state index contributed by atoms with van der Waals surface area (Å²) in [5.41, 5.74) is 0.375.